The van der Waals surface area contributed by atoms with Crippen LogP contribution in [0.4, 0.5) is 0 Å². The van der Waals surface area contributed by atoms with E-state index in [9.17, 15) is 0 Å². The average molecular weight is 404 g/mol. The zero-order chi connectivity index (χ0) is 11.0. The summed E-state index contributed by atoms with van der Waals surface area (Å²) in [5.41, 5.74) is 6.08. The Kier molecular flexibility index (Phi) is 11.3. The molecular weight excluding hydrogens is 389 g/mol. The van der Waals surface area contributed by atoms with Gasteiger partial charge in [0.15, 0.2) is 0 Å². The van der Waals surface area contributed by atoms with Gasteiger partial charge in [-0.2, -0.15) is 0 Å². The minimum absolute atomic E-state index is 0. The van der Waals surface area contributed by atoms with Crippen LogP contribution in [0.15, 0.2) is 48.5 Å². The van der Waals surface area contributed by atoms with E-state index in [1.165, 1.54) is 28.4 Å². The van der Waals surface area contributed by atoms with Crippen molar-refractivity contribution < 1.29 is 63.4 Å². The molecule has 0 aromatic heterocycles. The Balaban J connectivity index is 0. The topological polar surface area (TPSA) is 0 Å². The van der Waals surface area contributed by atoms with Gasteiger partial charge in [0, 0.05) is 0 Å². The van der Waals surface area contributed by atoms with Gasteiger partial charge in [0.2, 0.25) is 6.71 Å². The summed E-state index contributed by atoms with van der Waals surface area (Å²) in [7, 11) is 0. The molecule has 103 valence electrons. The second-order valence-corrected chi connectivity index (χ2v) is 4.54. The maximum absolute atomic E-state index is 2.29. The molecule has 0 N–H and O–H groups in total. The molecule has 0 amide bonds. The van der Waals surface area contributed by atoms with Crippen LogP contribution in [0.2, 0.25) is 6.32 Å². The molecular formula is C15H15BCl3Zr. The van der Waals surface area contributed by atoms with Gasteiger partial charge in [0.1, 0.15) is 0 Å². The molecule has 1 heterocycles. The van der Waals surface area contributed by atoms with Crippen LogP contribution in [0.5, 0.6) is 0 Å². The fourth-order valence-electron chi connectivity index (χ4n) is 2.88. The Bertz CT molecular complexity index is 489. The van der Waals surface area contributed by atoms with E-state index < -0.39 is 0 Å². The van der Waals surface area contributed by atoms with Crippen molar-refractivity contribution in [1.82, 2.24) is 0 Å². The van der Waals surface area contributed by atoms with Gasteiger partial charge in [-0.05, 0) is 17.5 Å². The van der Waals surface area contributed by atoms with Crippen LogP contribution < -0.4 is 48.1 Å². The third kappa shape index (κ3) is 4.14. The van der Waals surface area contributed by atoms with Crippen LogP contribution in [0.1, 0.15) is 18.1 Å². The molecule has 2 aromatic rings. The fraction of sp³-hybridized carbons (Fsp3) is 0.200. The molecule has 0 aliphatic carbocycles. The summed E-state index contributed by atoms with van der Waals surface area (Å²) in [6.07, 6.45) is 2.29. The fourth-order valence-corrected chi connectivity index (χ4v) is 2.88. The molecule has 0 unspecified atom stereocenters. The Morgan fingerprint density at radius 3 is 1.60 bits per heavy atom. The summed E-state index contributed by atoms with van der Waals surface area (Å²) in [5.74, 6) is 0. The second kappa shape index (κ2) is 10.1. The SMILES string of the molecule is CCB1c2ccccc2Cc2ccccc21.[Cl-].[Cl-].[Cl-].[Zr+3]. The van der Waals surface area contributed by atoms with Gasteiger partial charge in [0.05, 0.1) is 0 Å². The van der Waals surface area contributed by atoms with E-state index in [0.717, 1.165) is 6.42 Å². The van der Waals surface area contributed by atoms with Crippen molar-refractivity contribution in [3.63, 3.8) is 0 Å². The van der Waals surface area contributed by atoms with Crippen molar-refractivity contribution in [2.75, 3.05) is 0 Å². The van der Waals surface area contributed by atoms with E-state index in [1.807, 2.05) is 0 Å². The van der Waals surface area contributed by atoms with Gasteiger partial charge >= 0.3 is 26.2 Å². The smallest absolute Gasteiger partial charge is 1.00 e. The standard InChI is InChI=1S/C15H15B.3ClH.Zr/c1-2-16-14-9-5-3-7-12(14)11-13-8-4-6-10-15(13)16;;;;/h3-10H,2,11H2,1H3;3*1H;/q;;;;+3/p-3. The number of hydrogen-bond acceptors (Lipinski definition) is 0. The quantitative estimate of drug-likeness (QED) is 0.416. The van der Waals surface area contributed by atoms with Crippen LogP contribution in [0.25, 0.3) is 0 Å². The van der Waals surface area contributed by atoms with E-state index in [4.69, 9.17) is 0 Å². The first-order chi connectivity index (χ1) is 7.90. The van der Waals surface area contributed by atoms with Gasteiger partial charge in [-0.25, -0.2) is 0 Å². The van der Waals surface area contributed by atoms with Crippen molar-refractivity contribution in [2.45, 2.75) is 19.7 Å². The molecule has 0 fully saturated rings. The number of halogens is 3. The van der Waals surface area contributed by atoms with Crippen LogP contribution in [0, 0.1) is 0 Å². The molecule has 1 aliphatic rings. The van der Waals surface area contributed by atoms with Crippen LogP contribution >= 0.6 is 0 Å². The molecule has 0 bridgehead atoms. The van der Waals surface area contributed by atoms with E-state index in [1.54, 1.807) is 0 Å². The Morgan fingerprint density at radius 2 is 1.20 bits per heavy atom. The van der Waals surface area contributed by atoms with Crippen LogP contribution in [-0.4, -0.2) is 6.71 Å². The monoisotopic (exact) mass is 401 g/mol. The summed E-state index contributed by atoms with van der Waals surface area (Å²) in [6.45, 7) is 2.88. The average Bonchev–Trinajstić information content (AvgIpc) is 2.36. The zero-order valence-corrected chi connectivity index (χ0v) is 16.0. The maximum atomic E-state index is 2.29. The Hall–Kier alpha value is 0.258. The van der Waals surface area contributed by atoms with Crippen molar-refractivity contribution in [3.05, 3.63) is 59.7 Å². The first-order valence-electron chi connectivity index (χ1n) is 6.05. The molecule has 20 heavy (non-hydrogen) atoms. The summed E-state index contributed by atoms with van der Waals surface area (Å²) < 4.78 is 0. The third-order valence-electron chi connectivity index (χ3n) is 3.65. The minimum atomic E-state index is 0. The predicted molar refractivity (Wildman–Crippen MR) is 71.2 cm³/mol. The minimum Gasteiger partial charge on any atom is -1.00 e. The zero-order valence-electron chi connectivity index (χ0n) is 11.2. The first-order valence-corrected chi connectivity index (χ1v) is 6.05. The molecule has 1 aliphatic heterocycles. The number of hydrogen-bond donors (Lipinski definition) is 0. The second-order valence-electron chi connectivity index (χ2n) is 4.54. The molecule has 3 rings (SSSR count). The summed E-state index contributed by atoms with van der Waals surface area (Å²) in [5, 5.41) is 0. The largest absolute Gasteiger partial charge is 3.00 e. The van der Waals surface area contributed by atoms with E-state index >= 15 is 0 Å². The van der Waals surface area contributed by atoms with E-state index in [0.29, 0.717) is 6.71 Å². The normalized spacial score (nSPS) is 10.6. The molecule has 0 atom stereocenters. The molecule has 0 saturated carbocycles. The molecule has 0 nitrogen and oxygen atoms in total. The summed E-state index contributed by atoms with van der Waals surface area (Å²) in [6, 6.07) is 17.8. The summed E-state index contributed by atoms with van der Waals surface area (Å²) in [4.78, 5) is 0. The number of rotatable bonds is 1. The van der Waals surface area contributed by atoms with Crippen molar-refractivity contribution in [2.24, 2.45) is 0 Å². The predicted octanol–water partition coefficient (Wildman–Crippen LogP) is -6.77. The van der Waals surface area contributed by atoms with E-state index in [-0.39, 0.29) is 63.4 Å². The molecule has 0 saturated heterocycles. The van der Waals surface area contributed by atoms with Gasteiger partial charge in [-0.15, -0.1) is 0 Å². The summed E-state index contributed by atoms with van der Waals surface area (Å²) >= 11 is 0. The first kappa shape index (κ1) is 22.5. The molecule has 0 spiro atoms. The molecule has 1 radical (unpaired) electrons. The number of fused-ring (bicyclic) bond motifs is 2. The van der Waals surface area contributed by atoms with E-state index in [2.05, 4.69) is 55.5 Å². The van der Waals surface area contributed by atoms with Crippen molar-refractivity contribution >= 4 is 17.6 Å². The van der Waals surface area contributed by atoms with Crippen molar-refractivity contribution in [3.8, 4) is 0 Å². The van der Waals surface area contributed by atoms with Gasteiger partial charge in [-0.3, -0.25) is 0 Å². The van der Waals surface area contributed by atoms with Crippen molar-refractivity contribution in [1.29, 1.82) is 0 Å². The molecule has 2 aromatic carbocycles. The van der Waals surface area contributed by atoms with Gasteiger partial charge in [0.25, 0.3) is 0 Å². The third-order valence-corrected chi connectivity index (χ3v) is 3.65. The Morgan fingerprint density at radius 1 is 0.800 bits per heavy atom. The Labute approximate surface area is 159 Å². The van der Waals surface area contributed by atoms with Gasteiger partial charge in [-0.1, -0.05) is 72.7 Å². The number of benzene rings is 2. The molecule has 5 heteroatoms. The van der Waals surface area contributed by atoms with Gasteiger partial charge < -0.3 is 37.2 Å². The maximum Gasteiger partial charge on any atom is 3.00 e. The van der Waals surface area contributed by atoms with Crippen LogP contribution in [-0.2, 0) is 32.6 Å². The van der Waals surface area contributed by atoms with Crippen LogP contribution in [0.3, 0.4) is 0 Å².